The first kappa shape index (κ1) is 15.9. The second kappa shape index (κ2) is 6.66. The van der Waals surface area contributed by atoms with Crippen molar-refractivity contribution >= 4 is 34.5 Å². The number of nitrogens with zero attached hydrogens (tertiary/aromatic N) is 1. The maximum atomic E-state index is 12.8. The lowest BCUT2D eigenvalue weighted by Crippen LogP contribution is -2.49. The van der Waals surface area contributed by atoms with Gasteiger partial charge in [-0.1, -0.05) is 13.0 Å². The molecule has 1 aliphatic heterocycles. The summed E-state index contributed by atoms with van der Waals surface area (Å²) < 4.78 is 0. The summed E-state index contributed by atoms with van der Waals surface area (Å²) in [4.78, 5) is 30.0. The Bertz CT molecular complexity index is 727. The van der Waals surface area contributed by atoms with Crippen molar-refractivity contribution in [3.8, 4) is 0 Å². The summed E-state index contributed by atoms with van der Waals surface area (Å²) in [6.45, 7) is 4.01. The van der Waals surface area contributed by atoms with E-state index in [-0.39, 0.29) is 23.9 Å². The van der Waals surface area contributed by atoms with Gasteiger partial charge in [-0.25, -0.2) is 0 Å². The summed E-state index contributed by atoms with van der Waals surface area (Å²) >= 11 is 1.62. The number of rotatable bonds is 4. The molecule has 2 heterocycles. The zero-order valence-electron chi connectivity index (χ0n) is 13.3. The predicted octanol–water partition coefficient (Wildman–Crippen LogP) is 2.60. The maximum Gasteiger partial charge on any atom is 0.255 e. The quantitative estimate of drug-likeness (QED) is 0.905. The predicted molar refractivity (Wildman–Crippen MR) is 93.5 cm³/mol. The number of benzene rings is 1. The van der Waals surface area contributed by atoms with Gasteiger partial charge in [-0.15, -0.1) is 11.8 Å². The minimum absolute atomic E-state index is 0.0568. The fraction of sp³-hybridized carbons (Fsp3) is 0.412. The molecule has 6 heteroatoms. The third-order valence-electron chi connectivity index (χ3n) is 4.25. The van der Waals surface area contributed by atoms with Crippen LogP contribution in [0.25, 0.3) is 10.9 Å². The van der Waals surface area contributed by atoms with Crippen LogP contribution in [-0.4, -0.2) is 45.4 Å². The molecular formula is C17H21N3O2S. The molecule has 2 amide bonds. The summed E-state index contributed by atoms with van der Waals surface area (Å²) in [7, 11) is 0. The number of amides is 2. The van der Waals surface area contributed by atoms with Gasteiger partial charge in [0.25, 0.3) is 5.91 Å². The molecule has 2 N–H and O–H groups in total. The third-order valence-corrected chi connectivity index (χ3v) is 5.26. The van der Waals surface area contributed by atoms with Crippen molar-refractivity contribution < 1.29 is 9.59 Å². The van der Waals surface area contributed by atoms with Crippen molar-refractivity contribution in [2.75, 3.05) is 11.6 Å². The summed E-state index contributed by atoms with van der Waals surface area (Å²) in [6, 6.07) is 7.31. The van der Waals surface area contributed by atoms with E-state index in [0.29, 0.717) is 17.2 Å². The number of carbonyl (C=O) groups is 2. The smallest absolute Gasteiger partial charge is 0.255 e. The van der Waals surface area contributed by atoms with Gasteiger partial charge in [0, 0.05) is 29.1 Å². The minimum Gasteiger partial charge on any atom is -0.361 e. The third kappa shape index (κ3) is 3.22. The molecule has 2 aromatic rings. The highest BCUT2D eigenvalue weighted by Crippen LogP contribution is 2.24. The molecule has 23 heavy (non-hydrogen) atoms. The number of fused-ring (bicyclic) bond motifs is 1. The van der Waals surface area contributed by atoms with Gasteiger partial charge < -0.3 is 15.2 Å². The van der Waals surface area contributed by atoms with Crippen LogP contribution in [0.3, 0.4) is 0 Å². The second-order valence-corrected chi connectivity index (χ2v) is 6.89. The molecule has 5 nitrogen and oxygen atoms in total. The van der Waals surface area contributed by atoms with Crippen molar-refractivity contribution in [3.05, 3.63) is 36.0 Å². The number of carbonyl (C=O) groups excluding carboxylic acids is 2. The fourth-order valence-electron chi connectivity index (χ4n) is 2.65. The topological polar surface area (TPSA) is 65.2 Å². The van der Waals surface area contributed by atoms with Crippen molar-refractivity contribution in [2.24, 2.45) is 0 Å². The average molecular weight is 331 g/mol. The van der Waals surface area contributed by atoms with Crippen molar-refractivity contribution in [1.82, 2.24) is 15.2 Å². The number of aromatic amines is 1. The zero-order valence-corrected chi connectivity index (χ0v) is 14.2. The molecule has 1 saturated heterocycles. The van der Waals surface area contributed by atoms with E-state index in [1.54, 1.807) is 16.7 Å². The van der Waals surface area contributed by atoms with Crippen LogP contribution in [0.2, 0.25) is 0 Å². The summed E-state index contributed by atoms with van der Waals surface area (Å²) in [5.74, 6) is 1.06. The molecule has 0 saturated carbocycles. The summed E-state index contributed by atoms with van der Waals surface area (Å²) in [5, 5.41) is 4.05. The highest BCUT2D eigenvalue weighted by molar-refractivity contribution is 7.99. The molecule has 0 spiro atoms. The summed E-state index contributed by atoms with van der Waals surface area (Å²) in [5.41, 5.74) is 1.55. The highest BCUT2D eigenvalue weighted by atomic mass is 32.2. The first-order chi connectivity index (χ1) is 11.1. The van der Waals surface area contributed by atoms with Gasteiger partial charge in [0.05, 0.1) is 5.88 Å². The first-order valence-corrected chi connectivity index (χ1v) is 9.02. The van der Waals surface area contributed by atoms with E-state index < -0.39 is 0 Å². The van der Waals surface area contributed by atoms with Crippen LogP contribution in [0.4, 0.5) is 0 Å². The zero-order chi connectivity index (χ0) is 16.4. The van der Waals surface area contributed by atoms with E-state index in [2.05, 4.69) is 10.3 Å². The average Bonchev–Trinajstić information content (AvgIpc) is 3.21. The Kier molecular flexibility index (Phi) is 4.61. The van der Waals surface area contributed by atoms with Crippen LogP contribution in [-0.2, 0) is 4.79 Å². The van der Waals surface area contributed by atoms with E-state index in [1.165, 1.54) is 0 Å². The molecule has 1 fully saturated rings. The standard InChI is InChI=1S/C17H21N3O2S/c1-3-11(2)19-16(21)15-9-23-10-20(15)17(22)13-5-4-12-6-7-18-14(12)8-13/h4-8,11,15,18H,3,9-10H2,1-2H3,(H,19,21)/t11-,15-/m0/s1. The Labute approximate surface area is 139 Å². The number of hydrogen-bond donors (Lipinski definition) is 2. The number of H-pyrrole nitrogens is 1. The van der Waals surface area contributed by atoms with Crippen LogP contribution >= 0.6 is 11.8 Å². The van der Waals surface area contributed by atoms with E-state index in [1.807, 2.05) is 44.3 Å². The lowest BCUT2D eigenvalue weighted by Gasteiger charge is -2.24. The van der Waals surface area contributed by atoms with Gasteiger partial charge in [0.1, 0.15) is 6.04 Å². The largest absolute Gasteiger partial charge is 0.361 e. The van der Waals surface area contributed by atoms with Gasteiger partial charge in [-0.2, -0.15) is 0 Å². The van der Waals surface area contributed by atoms with Crippen molar-refractivity contribution in [1.29, 1.82) is 0 Å². The van der Waals surface area contributed by atoms with Crippen LogP contribution in [0.5, 0.6) is 0 Å². The van der Waals surface area contributed by atoms with Gasteiger partial charge in [-0.05, 0) is 36.9 Å². The molecule has 3 rings (SSSR count). The van der Waals surface area contributed by atoms with E-state index >= 15 is 0 Å². The maximum absolute atomic E-state index is 12.8. The normalized spacial score (nSPS) is 19.0. The molecule has 0 unspecified atom stereocenters. The van der Waals surface area contributed by atoms with Crippen molar-refractivity contribution in [2.45, 2.75) is 32.4 Å². The van der Waals surface area contributed by atoms with Crippen LogP contribution < -0.4 is 5.32 Å². The van der Waals surface area contributed by atoms with E-state index in [4.69, 9.17) is 0 Å². The Hall–Kier alpha value is -1.95. The molecule has 122 valence electrons. The lowest BCUT2D eigenvalue weighted by molar-refractivity contribution is -0.125. The van der Waals surface area contributed by atoms with Gasteiger partial charge in [0.2, 0.25) is 5.91 Å². The summed E-state index contributed by atoms with van der Waals surface area (Å²) in [6.07, 6.45) is 2.73. The number of nitrogens with one attached hydrogen (secondary N) is 2. The molecule has 1 aromatic carbocycles. The first-order valence-electron chi connectivity index (χ1n) is 7.86. The second-order valence-electron chi connectivity index (χ2n) is 5.89. The molecule has 1 aliphatic rings. The molecule has 0 aliphatic carbocycles. The Balaban J connectivity index is 1.78. The SMILES string of the molecule is CC[C@H](C)NC(=O)[C@@H]1CSCN1C(=O)c1ccc2cc[nH]c2c1. The number of aromatic nitrogens is 1. The van der Waals surface area contributed by atoms with E-state index in [0.717, 1.165) is 17.3 Å². The highest BCUT2D eigenvalue weighted by Gasteiger charge is 2.35. The Morgan fingerprint density at radius 2 is 2.26 bits per heavy atom. The van der Waals surface area contributed by atoms with Gasteiger partial charge >= 0.3 is 0 Å². The lowest BCUT2D eigenvalue weighted by atomic mass is 10.1. The minimum atomic E-state index is -0.388. The van der Waals surface area contributed by atoms with Crippen LogP contribution in [0, 0.1) is 0 Å². The molecule has 1 aromatic heterocycles. The van der Waals surface area contributed by atoms with E-state index in [9.17, 15) is 9.59 Å². The molecule has 0 radical (unpaired) electrons. The van der Waals surface area contributed by atoms with Gasteiger partial charge in [-0.3, -0.25) is 9.59 Å². The molecular weight excluding hydrogens is 310 g/mol. The van der Waals surface area contributed by atoms with Crippen molar-refractivity contribution in [3.63, 3.8) is 0 Å². The Morgan fingerprint density at radius 3 is 3.04 bits per heavy atom. The fourth-order valence-corrected chi connectivity index (χ4v) is 3.80. The monoisotopic (exact) mass is 331 g/mol. The molecule has 2 atom stereocenters. The van der Waals surface area contributed by atoms with Gasteiger partial charge in [0.15, 0.2) is 0 Å². The molecule has 0 bridgehead atoms. The van der Waals surface area contributed by atoms with Crippen LogP contribution in [0.1, 0.15) is 30.6 Å². The number of hydrogen-bond acceptors (Lipinski definition) is 3. The number of thioether (sulfide) groups is 1. The Morgan fingerprint density at radius 1 is 1.43 bits per heavy atom. The van der Waals surface area contributed by atoms with Crippen LogP contribution in [0.15, 0.2) is 30.5 Å².